The number of hydrogen-bond acceptors (Lipinski definition) is 4. The van der Waals surface area contributed by atoms with Gasteiger partial charge in [-0.1, -0.05) is 18.2 Å². The van der Waals surface area contributed by atoms with E-state index in [1.54, 1.807) is 6.20 Å². The first kappa shape index (κ1) is 12.3. The number of benzene rings is 1. The van der Waals surface area contributed by atoms with E-state index in [0.717, 1.165) is 45.9 Å². The van der Waals surface area contributed by atoms with E-state index >= 15 is 0 Å². The van der Waals surface area contributed by atoms with Crippen LogP contribution in [0.2, 0.25) is 0 Å². The van der Waals surface area contributed by atoms with Crippen LogP contribution in [0, 0.1) is 0 Å². The van der Waals surface area contributed by atoms with Crippen LogP contribution in [0.5, 0.6) is 0 Å². The molecule has 0 saturated heterocycles. The summed E-state index contributed by atoms with van der Waals surface area (Å²) in [5.41, 5.74) is 2.89. The molecule has 1 aliphatic rings. The molecule has 4 rings (SSSR count). The summed E-state index contributed by atoms with van der Waals surface area (Å²) in [6.45, 7) is 1.44. The Morgan fingerprint density at radius 3 is 2.95 bits per heavy atom. The third kappa shape index (κ3) is 1.87. The summed E-state index contributed by atoms with van der Waals surface area (Å²) in [5.74, 6) is -0.268. The van der Waals surface area contributed by atoms with Crippen molar-refractivity contribution in [2.45, 2.75) is 25.9 Å². The zero-order valence-electron chi connectivity index (χ0n) is 11.7. The summed E-state index contributed by atoms with van der Waals surface area (Å²) >= 11 is 0. The molecule has 0 bridgehead atoms. The van der Waals surface area contributed by atoms with Crippen molar-refractivity contribution in [3.8, 4) is 0 Å². The normalized spacial score (nSPS) is 17.1. The highest BCUT2D eigenvalue weighted by molar-refractivity contribution is 6.07. The van der Waals surface area contributed by atoms with Gasteiger partial charge in [0.2, 0.25) is 0 Å². The molecule has 21 heavy (non-hydrogen) atoms. The van der Waals surface area contributed by atoms with Crippen LogP contribution >= 0.6 is 0 Å². The summed E-state index contributed by atoms with van der Waals surface area (Å²) in [7, 11) is 0. The molecule has 1 atom stereocenters. The number of carbonyl (C=O) groups is 1. The molecule has 2 heterocycles. The third-order valence-electron chi connectivity index (χ3n) is 3.98. The van der Waals surface area contributed by atoms with Crippen molar-refractivity contribution in [3.05, 3.63) is 47.9 Å². The minimum atomic E-state index is -0.268. The van der Waals surface area contributed by atoms with Gasteiger partial charge in [-0.2, -0.15) is 0 Å². The molecule has 0 aliphatic heterocycles. The number of para-hydroxylation sites is 1. The Balaban J connectivity index is 2.05. The SMILES string of the molecule is CC(=O)OC1CCc2nc3ccccc3c3ccnc1c23. The lowest BCUT2D eigenvalue weighted by Gasteiger charge is -2.24. The monoisotopic (exact) mass is 278 g/mol. The van der Waals surface area contributed by atoms with Crippen molar-refractivity contribution in [1.29, 1.82) is 0 Å². The van der Waals surface area contributed by atoms with Crippen LogP contribution < -0.4 is 0 Å². The van der Waals surface area contributed by atoms with Gasteiger partial charge in [-0.15, -0.1) is 0 Å². The highest BCUT2D eigenvalue weighted by atomic mass is 16.5. The molecule has 0 fully saturated rings. The van der Waals surface area contributed by atoms with Crippen molar-refractivity contribution >= 4 is 27.6 Å². The fraction of sp³-hybridized carbons (Fsp3) is 0.235. The Labute approximate surface area is 121 Å². The highest BCUT2D eigenvalue weighted by Crippen LogP contribution is 2.37. The molecule has 104 valence electrons. The van der Waals surface area contributed by atoms with Crippen molar-refractivity contribution in [3.63, 3.8) is 0 Å². The Hall–Kier alpha value is -2.49. The Morgan fingerprint density at radius 2 is 2.10 bits per heavy atom. The fourth-order valence-corrected chi connectivity index (χ4v) is 3.15. The second-order valence-electron chi connectivity index (χ2n) is 5.33. The summed E-state index contributed by atoms with van der Waals surface area (Å²) in [6, 6.07) is 10.1. The van der Waals surface area contributed by atoms with Crippen molar-refractivity contribution in [1.82, 2.24) is 9.97 Å². The minimum Gasteiger partial charge on any atom is -0.456 e. The molecule has 1 unspecified atom stereocenters. The maximum atomic E-state index is 11.3. The molecule has 2 aromatic heterocycles. The minimum absolute atomic E-state index is 0.262. The molecular formula is C17H14N2O2. The average Bonchev–Trinajstić information content (AvgIpc) is 2.50. The summed E-state index contributed by atoms with van der Waals surface area (Å²) < 4.78 is 5.42. The quantitative estimate of drug-likeness (QED) is 0.506. The van der Waals surface area contributed by atoms with Crippen molar-refractivity contribution in [2.24, 2.45) is 0 Å². The van der Waals surface area contributed by atoms with Gasteiger partial charge < -0.3 is 4.74 Å². The molecule has 0 spiro atoms. The number of ether oxygens (including phenoxy) is 1. The lowest BCUT2D eigenvalue weighted by molar-refractivity contribution is -0.147. The Kier molecular flexibility index (Phi) is 2.64. The largest absolute Gasteiger partial charge is 0.456 e. The first-order chi connectivity index (χ1) is 10.2. The number of pyridine rings is 2. The lowest BCUT2D eigenvalue weighted by atomic mass is 9.92. The summed E-state index contributed by atoms with van der Waals surface area (Å²) in [4.78, 5) is 20.5. The van der Waals surface area contributed by atoms with E-state index < -0.39 is 0 Å². The summed E-state index contributed by atoms with van der Waals surface area (Å²) in [5, 5.41) is 3.30. The number of aromatic nitrogens is 2. The third-order valence-corrected chi connectivity index (χ3v) is 3.98. The standard InChI is InChI=1S/C17H14N2O2/c1-10(20)21-15-7-6-14-16-12(8-9-18-17(15)16)11-4-2-3-5-13(11)19-14/h2-5,8-9,15H,6-7H2,1H3. The number of carbonyl (C=O) groups excluding carboxylic acids is 1. The zero-order chi connectivity index (χ0) is 14.4. The molecule has 1 aliphatic carbocycles. The number of esters is 1. The van der Waals surface area contributed by atoms with Gasteiger partial charge in [0.1, 0.15) is 6.10 Å². The van der Waals surface area contributed by atoms with Crippen LogP contribution in [-0.2, 0) is 16.0 Å². The topological polar surface area (TPSA) is 52.1 Å². The zero-order valence-corrected chi connectivity index (χ0v) is 11.7. The number of hydrogen-bond donors (Lipinski definition) is 0. The number of fused-ring (bicyclic) bond motifs is 2. The number of rotatable bonds is 1. The maximum Gasteiger partial charge on any atom is 0.303 e. The molecule has 4 heteroatoms. The molecule has 0 amide bonds. The van der Waals surface area contributed by atoms with Crippen LogP contribution in [0.4, 0.5) is 0 Å². The Bertz CT molecular complexity index is 873. The van der Waals surface area contributed by atoms with Gasteiger partial charge >= 0.3 is 5.97 Å². The van der Waals surface area contributed by atoms with Crippen molar-refractivity contribution in [2.75, 3.05) is 0 Å². The Morgan fingerprint density at radius 1 is 1.24 bits per heavy atom. The molecule has 0 N–H and O–H groups in total. The summed E-state index contributed by atoms with van der Waals surface area (Å²) in [6.07, 6.45) is 3.07. The second kappa shape index (κ2) is 4.52. The van der Waals surface area contributed by atoms with Gasteiger partial charge in [-0.25, -0.2) is 0 Å². The maximum absolute atomic E-state index is 11.3. The van der Waals surface area contributed by atoms with Gasteiger partial charge in [0.15, 0.2) is 0 Å². The highest BCUT2D eigenvalue weighted by Gasteiger charge is 2.26. The van der Waals surface area contributed by atoms with E-state index in [0.29, 0.717) is 0 Å². The van der Waals surface area contributed by atoms with Gasteiger partial charge in [0.05, 0.1) is 16.9 Å². The molecule has 0 saturated carbocycles. The first-order valence-corrected chi connectivity index (χ1v) is 7.07. The molecular weight excluding hydrogens is 264 g/mol. The number of aryl methyl sites for hydroxylation is 1. The van der Waals surface area contributed by atoms with Crippen LogP contribution in [-0.4, -0.2) is 15.9 Å². The lowest BCUT2D eigenvalue weighted by Crippen LogP contribution is -2.16. The molecule has 1 aromatic carbocycles. The van der Waals surface area contributed by atoms with E-state index in [4.69, 9.17) is 9.72 Å². The van der Waals surface area contributed by atoms with Crippen LogP contribution in [0.3, 0.4) is 0 Å². The van der Waals surface area contributed by atoms with E-state index in [2.05, 4.69) is 11.1 Å². The average molecular weight is 278 g/mol. The first-order valence-electron chi connectivity index (χ1n) is 7.07. The van der Waals surface area contributed by atoms with E-state index in [-0.39, 0.29) is 12.1 Å². The van der Waals surface area contributed by atoms with Crippen LogP contribution in [0.1, 0.15) is 30.8 Å². The van der Waals surface area contributed by atoms with E-state index in [9.17, 15) is 4.79 Å². The van der Waals surface area contributed by atoms with Crippen LogP contribution in [0.15, 0.2) is 36.5 Å². The van der Waals surface area contributed by atoms with E-state index in [1.807, 2.05) is 24.3 Å². The number of nitrogens with zero attached hydrogens (tertiary/aromatic N) is 2. The van der Waals surface area contributed by atoms with Gasteiger partial charge in [0, 0.05) is 23.9 Å². The predicted octanol–water partition coefficient (Wildman–Crippen LogP) is 3.33. The van der Waals surface area contributed by atoms with E-state index in [1.165, 1.54) is 6.92 Å². The molecule has 4 nitrogen and oxygen atoms in total. The predicted molar refractivity (Wildman–Crippen MR) is 79.9 cm³/mol. The second-order valence-corrected chi connectivity index (χ2v) is 5.33. The molecule has 0 radical (unpaired) electrons. The van der Waals surface area contributed by atoms with Gasteiger partial charge in [-0.05, 0) is 30.4 Å². The molecule has 3 aromatic rings. The van der Waals surface area contributed by atoms with Crippen LogP contribution in [0.25, 0.3) is 21.7 Å². The smallest absolute Gasteiger partial charge is 0.303 e. The van der Waals surface area contributed by atoms with Gasteiger partial charge in [0.25, 0.3) is 0 Å². The van der Waals surface area contributed by atoms with Crippen molar-refractivity contribution < 1.29 is 9.53 Å². The van der Waals surface area contributed by atoms with Gasteiger partial charge in [-0.3, -0.25) is 14.8 Å². The fourth-order valence-electron chi connectivity index (χ4n) is 3.15.